The Hall–Kier alpha value is -1.45. The monoisotopic (exact) mass is 515 g/mol. The number of nitrogens with zero attached hydrogens (tertiary/aromatic N) is 1. The van der Waals surface area contributed by atoms with Crippen molar-refractivity contribution in [3.05, 3.63) is 47.0 Å². The van der Waals surface area contributed by atoms with Crippen molar-refractivity contribution >= 4 is 5.78 Å². The number of likely N-dealkylation sites (tertiary alicyclic amines) is 1. The second-order valence-electron chi connectivity index (χ2n) is 14.9. The maximum absolute atomic E-state index is 12.3. The largest absolute Gasteiger partial charge is 0.369 e. The van der Waals surface area contributed by atoms with Gasteiger partial charge < -0.3 is 4.74 Å². The summed E-state index contributed by atoms with van der Waals surface area (Å²) in [7, 11) is 0. The second kappa shape index (κ2) is 9.30. The first-order valence-corrected chi connectivity index (χ1v) is 15.9. The second-order valence-corrected chi connectivity index (χ2v) is 14.9. The maximum Gasteiger partial charge on any atom is 0.133 e. The average Bonchev–Trinajstić information content (AvgIpc) is 3.35. The van der Waals surface area contributed by atoms with Crippen molar-refractivity contribution in [3.63, 3.8) is 0 Å². The highest BCUT2D eigenvalue weighted by Gasteiger charge is 2.60. The van der Waals surface area contributed by atoms with Crippen LogP contribution < -0.4 is 0 Å². The number of rotatable bonds is 2. The number of hydrogen-bond acceptors (Lipinski definition) is 3. The number of piperidine rings is 1. The van der Waals surface area contributed by atoms with Crippen LogP contribution in [0.1, 0.15) is 97.5 Å². The molecule has 0 aromatic heterocycles. The summed E-state index contributed by atoms with van der Waals surface area (Å²) in [5, 5.41) is 0. The Balaban J connectivity index is 1.15. The van der Waals surface area contributed by atoms with E-state index in [2.05, 4.69) is 62.9 Å². The lowest BCUT2D eigenvalue weighted by Gasteiger charge is -2.52. The Bertz CT molecular complexity index is 1110. The van der Waals surface area contributed by atoms with Crippen LogP contribution in [0.4, 0.5) is 0 Å². The fraction of sp³-hybridized carbons (Fsp3) is 0.743. The summed E-state index contributed by atoms with van der Waals surface area (Å²) < 4.78 is 7.30. The van der Waals surface area contributed by atoms with E-state index < -0.39 is 0 Å². The summed E-state index contributed by atoms with van der Waals surface area (Å²) >= 11 is 0. The Kier molecular flexibility index (Phi) is 6.24. The van der Waals surface area contributed by atoms with Gasteiger partial charge in [0.1, 0.15) is 5.78 Å². The number of hydrogen-bond donors (Lipinski definition) is 0. The van der Waals surface area contributed by atoms with Gasteiger partial charge in [-0.2, -0.15) is 0 Å². The predicted molar refractivity (Wildman–Crippen MR) is 153 cm³/mol. The number of fused-ring (bicyclic) bond motifs is 6. The normalized spacial score (nSPS) is 46.9. The highest BCUT2D eigenvalue weighted by molar-refractivity contribution is 5.79. The van der Waals surface area contributed by atoms with Gasteiger partial charge in [0, 0.05) is 37.9 Å². The van der Waals surface area contributed by atoms with Gasteiger partial charge in [0.05, 0.1) is 11.7 Å². The molecule has 3 nitrogen and oxygen atoms in total. The van der Waals surface area contributed by atoms with Crippen molar-refractivity contribution in [2.45, 2.75) is 116 Å². The van der Waals surface area contributed by atoms with E-state index in [0.29, 0.717) is 41.1 Å². The van der Waals surface area contributed by atoms with E-state index in [-0.39, 0.29) is 5.60 Å². The van der Waals surface area contributed by atoms with E-state index in [4.69, 9.17) is 4.74 Å². The quantitative estimate of drug-likeness (QED) is 0.380. The van der Waals surface area contributed by atoms with Crippen molar-refractivity contribution in [1.82, 2.24) is 4.90 Å². The smallest absolute Gasteiger partial charge is 0.133 e. The van der Waals surface area contributed by atoms with Crippen LogP contribution in [-0.2, 0) is 16.1 Å². The molecule has 1 aromatic rings. The van der Waals surface area contributed by atoms with Gasteiger partial charge in [-0.15, -0.1) is 0 Å². The molecule has 3 unspecified atom stereocenters. The number of carbonyl (C=O) groups is 1. The highest BCUT2D eigenvalue weighted by Crippen LogP contribution is 2.65. The summed E-state index contributed by atoms with van der Waals surface area (Å²) in [5.74, 6) is 4.80. The molecular weight excluding hydrogens is 466 g/mol. The first kappa shape index (κ1) is 25.5. The van der Waals surface area contributed by atoms with Gasteiger partial charge in [-0.3, -0.25) is 9.69 Å². The molecule has 0 radical (unpaired) electrons. The van der Waals surface area contributed by atoms with Crippen molar-refractivity contribution < 1.29 is 9.53 Å². The number of benzene rings is 1. The van der Waals surface area contributed by atoms with E-state index in [1.54, 1.807) is 5.57 Å². The summed E-state index contributed by atoms with van der Waals surface area (Å²) in [6.07, 6.45) is 12.0. The van der Waals surface area contributed by atoms with Crippen LogP contribution >= 0.6 is 0 Å². The van der Waals surface area contributed by atoms with Gasteiger partial charge in [-0.25, -0.2) is 0 Å². The predicted octanol–water partition coefficient (Wildman–Crippen LogP) is 7.59. The van der Waals surface area contributed by atoms with Crippen molar-refractivity contribution in [3.8, 4) is 0 Å². The van der Waals surface area contributed by atoms with Gasteiger partial charge in [0.25, 0.3) is 0 Å². The first-order valence-electron chi connectivity index (χ1n) is 15.9. The third-order valence-electron chi connectivity index (χ3n) is 12.9. The molecule has 2 heterocycles. The summed E-state index contributed by atoms with van der Waals surface area (Å²) in [6.45, 7) is 12.2. The molecule has 5 fully saturated rings. The van der Waals surface area contributed by atoms with Gasteiger partial charge in [0.15, 0.2) is 0 Å². The highest BCUT2D eigenvalue weighted by atomic mass is 16.5. The maximum atomic E-state index is 12.3. The SMILES string of the molecule is CC1=C2C[C@H]3C(CCC4CC(=O)CC[C@@]43C)[C@@H]2CC[C@@]2(C1)OC1C[C@H](C)CN(Cc3ccccc3)[C@H]1[C@H]2C. The van der Waals surface area contributed by atoms with Gasteiger partial charge in [-0.1, -0.05) is 62.2 Å². The van der Waals surface area contributed by atoms with Crippen LogP contribution in [0.2, 0.25) is 0 Å². The van der Waals surface area contributed by atoms with Crippen LogP contribution in [-0.4, -0.2) is 35.0 Å². The number of carbonyl (C=O) groups excluding carboxylic acids is 1. The molecule has 0 N–H and O–H groups in total. The van der Waals surface area contributed by atoms with Crippen molar-refractivity contribution in [2.24, 2.45) is 40.9 Å². The summed E-state index contributed by atoms with van der Waals surface area (Å²) in [6, 6.07) is 11.6. The fourth-order valence-corrected chi connectivity index (χ4v) is 11.0. The molecule has 206 valence electrons. The summed E-state index contributed by atoms with van der Waals surface area (Å²) in [4.78, 5) is 15.1. The minimum atomic E-state index is 0.00358. The molecule has 0 bridgehead atoms. The molecule has 1 spiro atoms. The standard InChI is InChI=1S/C35H49NO2/c1-22-16-32-33(36(20-22)21-25-8-6-5-7-9-25)24(3)35(38-32)15-13-28-29-11-10-26-17-27(37)12-14-34(26,4)31(29)18-30(28)23(2)19-35/h5-9,22,24,26,28-29,31-33H,10-21H2,1-4H3/t22-,24+,26?,28-,29?,31-,32?,33-,34-,35-/m0/s1. The average molecular weight is 516 g/mol. The lowest BCUT2D eigenvalue weighted by molar-refractivity contribution is -0.129. The number of allylic oxidation sites excluding steroid dienone is 1. The molecule has 4 aliphatic carbocycles. The van der Waals surface area contributed by atoms with Crippen LogP contribution in [0.25, 0.3) is 0 Å². The minimum absolute atomic E-state index is 0.00358. The minimum Gasteiger partial charge on any atom is -0.369 e. The molecule has 38 heavy (non-hydrogen) atoms. The zero-order chi connectivity index (χ0) is 26.2. The molecule has 3 heteroatoms. The van der Waals surface area contributed by atoms with E-state index in [1.165, 1.54) is 50.6 Å². The van der Waals surface area contributed by atoms with E-state index in [0.717, 1.165) is 50.0 Å². The zero-order valence-electron chi connectivity index (χ0n) is 24.3. The Labute approximate surface area is 230 Å². The third kappa shape index (κ3) is 3.92. The van der Waals surface area contributed by atoms with Crippen molar-refractivity contribution in [1.29, 1.82) is 0 Å². The Morgan fingerprint density at radius 1 is 1.05 bits per heavy atom. The third-order valence-corrected chi connectivity index (χ3v) is 12.9. The molecule has 7 rings (SSSR count). The van der Waals surface area contributed by atoms with Gasteiger partial charge >= 0.3 is 0 Å². The molecule has 10 atom stereocenters. The fourth-order valence-electron chi connectivity index (χ4n) is 11.0. The van der Waals surface area contributed by atoms with Crippen LogP contribution in [0.3, 0.4) is 0 Å². The van der Waals surface area contributed by atoms with E-state index >= 15 is 0 Å². The molecule has 2 aliphatic heterocycles. The lowest BCUT2D eigenvalue weighted by atomic mass is 9.52. The van der Waals surface area contributed by atoms with Crippen LogP contribution in [0.15, 0.2) is 41.5 Å². The van der Waals surface area contributed by atoms with Gasteiger partial charge in [0.2, 0.25) is 0 Å². The number of Topliss-reactive ketones (excluding diaryl/α,β-unsaturated/α-hetero) is 1. The lowest BCUT2D eigenvalue weighted by Crippen LogP contribution is -2.51. The Morgan fingerprint density at radius 2 is 1.87 bits per heavy atom. The van der Waals surface area contributed by atoms with E-state index in [9.17, 15) is 4.79 Å². The molecule has 6 aliphatic rings. The van der Waals surface area contributed by atoms with Crippen molar-refractivity contribution in [2.75, 3.05) is 6.54 Å². The molecule has 2 saturated heterocycles. The molecule has 0 amide bonds. The molecular formula is C35H49NO2. The molecule has 3 saturated carbocycles. The number of ether oxygens (including phenoxy) is 1. The number of ketones is 1. The van der Waals surface area contributed by atoms with E-state index in [1.807, 2.05) is 5.57 Å². The summed E-state index contributed by atoms with van der Waals surface area (Å²) in [5.41, 5.74) is 5.30. The Morgan fingerprint density at radius 3 is 2.68 bits per heavy atom. The zero-order valence-corrected chi connectivity index (χ0v) is 24.3. The van der Waals surface area contributed by atoms with Crippen LogP contribution in [0, 0.1) is 40.9 Å². The topological polar surface area (TPSA) is 29.5 Å². The van der Waals surface area contributed by atoms with Crippen LogP contribution in [0.5, 0.6) is 0 Å². The molecule has 1 aromatic carbocycles. The first-order chi connectivity index (χ1) is 18.3. The van der Waals surface area contributed by atoms with Gasteiger partial charge in [-0.05, 0) is 98.9 Å².